The Bertz CT molecular complexity index is 226. The molecule has 1 atom stereocenters. The molecule has 0 aromatic heterocycles. The highest BCUT2D eigenvalue weighted by Gasteiger charge is 2.25. The zero-order chi connectivity index (χ0) is 10.6. The lowest BCUT2D eigenvalue weighted by Crippen LogP contribution is -2.32. The molecule has 0 heterocycles. The van der Waals surface area contributed by atoms with Crippen LogP contribution in [-0.2, 0) is 4.79 Å². The van der Waals surface area contributed by atoms with Crippen molar-refractivity contribution in [2.24, 2.45) is 11.7 Å². The van der Waals surface area contributed by atoms with Crippen LogP contribution in [0, 0.1) is 11.3 Å². The summed E-state index contributed by atoms with van der Waals surface area (Å²) in [5.41, 5.74) is 5.32. The minimum Gasteiger partial charge on any atom is -0.480 e. The summed E-state index contributed by atoms with van der Waals surface area (Å²) in [7, 11) is 0. The van der Waals surface area contributed by atoms with E-state index in [1.165, 1.54) is 0 Å². The highest BCUT2D eigenvalue weighted by atomic mass is 16.4. The van der Waals surface area contributed by atoms with E-state index < -0.39 is 12.0 Å². The first-order chi connectivity index (χ1) is 6.61. The highest BCUT2D eigenvalue weighted by Crippen LogP contribution is 2.28. The van der Waals surface area contributed by atoms with Crippen LogP contribution in [0.4, 0.5) is 0 Å². The smallest absolute Gasteiger partial charge is 0.320 e. The van der Waals surface area contributed by atoms with E-state index in [-0.39, 0.29) is 0 Å². The zero-order valence-electron chi connectivity index (χ0n) is 8.12. The van der Waals surface area contributed by atoms with Gasteiger partial charge in [0.05, 0.1) is 5.84 Å². The van der Waals surface area contributed by atoms with Crippen LogP contribution in [-0.4, -0.2) is 29.5 Å². The summed E-state index contributed by atoms with van der Waals surface area (Å²) >= 11 is 0. The Morgan fingerprint density at radius 2 is 2.29 bits per heavy atom. The molecule has 5 N–H and O–H groups in total. The Balaban J connectivity index is 1.98. The van der Waals surface area contributed by atoms with Crippen LogP contribution < -0.4 is 11.1 Å². The summed E-state index contributed by atoms with van der Waals surface area (Å²) in [5.74, 6) is 0.0688. The Labute approximate surface area is 83.2 Å². The van der Waals surface area contributed by atoms with Gasteiger partial charge in [-0.25, -0.2) is 0 Å². The van der Waals surface area contributed by atoms with Crippen LogP contribution in [0.3, 0.4) is 0 Å². The zero-order valence-corrected chi connectivity index (χ0v) is 8.12. The average molecular weight is 199 g/mol. The minimum absolute atomic E-state index is 0.433. The Hall–Kier alpha value is -1.10. The van der Waals surface area contributed by atoms with E-state index >= 15 is 0 Å². The van der Waals surface area contributed by atoms with Crippen LogP contribution in [0.15, 0.2) is 0 Å². The van der Waals surface area contributed by atoms with Crippen molar-refractivity contribution in [3.05, 3.63) is 0 Å². The number of nitrogens with one attached hydrogen (secondary N) is 2. The standard InChI is InChI=1S/C9H17N3O2/c10-7(9(13)14)2-1-5-12-8(11)6-3-4-6/h6-7H,1-5,10H2,(H2,11,12)(H,13,14)/t7-/m1/s1. The highest BCUT2D eigenvalue weighted by molar-refractivity contribution is 5.83. The Kier molecular flexibility index (Phi) is 3.88. The van der Waals surface area contributed by atoms with Gasteiger partial charge >= 0.3 is 5.97 Å². The van der Waals surface area contributed by atoms with Crippen molar-refractivity contribution < 1.29 is 9.90 Å². The summed E-state index contributed by atoms with van der Waals surface area (Å²) < 4.78 is 0. The molecule has 0 aromatic carbocycles. The number of rotatable bonds is 6. The summed E-state index contributed by atoms with van der Waals surface area (Å²) in [6, 6.07) is -0.771. The number of carboxylic acid groups (broad SMARTS) is 1. The van der Waals surface area contributed by atoms with Gasteiger partial charge in [0, 0.05) is 12.5 Å². The van der Waals surface area contributed by atoms with Gasteiger partial charge in [-0.2, -0.15) is 0 Å². The van der Waals surface area contributed by atoms with Gasteiger partial charge in [0.25, 0.3) is 0 Å². The molecule has 5 nitrogen and oxygen atoms in total. The maximum atomic E-state index is 10.4. The van der Waals surface area contributed by atoms with E-state index in [0.717, 1.165) is 12.8 Å². The fourth-order valence-electron chi connectivity index (χ4n) is 1.18. The number of hydrogen-bond acceptors (Lipinski definition) is 3. The molecule has 0 unspecified atom stereocenters. The van der Waals surface area contributed by atoms with Crippen LogP contribution in [0.1, 0.15) is 25.7 Å². The Morgan fingerprint density at radius 3 is 2.79 bits per heavy atom. The monoisotopic (exact) mass is 199 g/mol. The molecule has 0 saturated heterocycles. The first kappa shape index (κ1) is 11.0. The third-order valence-corrected chi connectivity index (χ3v) is 2.31. The van der Waals surface area contributed by atoms with Gasteiger partial charge in [-0.05, 0) is 25.7 Å². The van der Waals surface area contributed by atoms with Crippen LogP contribution >= 0.6 is 0 Å². The van der Waals surface area contributed by atoms with Crippen molar-refractivity contribution in [2.45, 2.75) is 31.7 Å². The van der Waals surface area contributed by atoms with Crippen LogP contribution in [0.25, 0.3) is 0 Å². The molecule has 0 bridgehead atoms. The number of hydrogen-bond donors (Lipinski definition) is 4. The second-order valence-corrected chi connectivity index (χ2v) is 3.70. The molecule has 1 saturated carbocycles. The molecule has 1 rings (SSSR count). The average Bonchev–Trinajstić information content (AvgIpc) is 2.94. The van der Waals surface area contributed by atoms with E-state index in [1.807, 2.05) is 0 Å². The maximum absolute atomic E-state index is 10.4. The first-order valence-corrected chi connectivity index (χ1v) is 4.92. The number of aliphatic carboxylic acids is 1. The molecule has 1 aliphatic carbocycles. The Morgan fingerprint density at radius 1 is 1.64 bits per heavy atom. The third-order valence-electron chi connectivity index (χ3n) is 2.31. The summed E-state index contributed by atoms with van der Waals surface area (Å²) in [6.07, 6.45) is 3.38. The van der Waals surface area contributed by atoms with Gasteiger partial charge < -0.3 is 16.2 Å². The largest absolute Gasteiger partial charge is 0.480 e. The van der Waals surface area contributed by atoms with Crippen molar-refractivity contribution in [1.82, 2.24) is 5.32 Å². The maximum Gasteiger partial charge on any atom is 0.320 e. The second-order valence-electron chi connectivity index (χ2n) is 3.70. The molecule has 0 spiro atoms. The molecular formula is C9H17N3O2. The predicted molar refractivity (Wildman–Crippen MR) is 53.3 cm³/mol. The number of carboxylic acids is 1. The molecule has 1 aliphatic rings. The number of amidine groups is 1. The lowest BCUT2D eigenvalue weighted by molar-refractivity contribution is -0.138. The fraction of sp³-hybridized carbons (Fsp3) is 0.778. The first-order valence-electron chi connectivity index (χ1n) is 4.92. The topological polar surface area (TPSA) is 99.2 Å². The molecule has 0 aromatic rings. The van der Waals surface area contributed by atoms with Crippen LogP contribution in [0.2, 0.25) is 0 Å². The molecular weight excluding hydrogens is 182 g/mol. The van der Waals surface area contributed by atoms with Crippen molar-refractivity contribution >= 4 is 11.8 Å². The molecule has 80 valence electrons. The summed E-state index contributed by atoms with van der Waals surface area (Å²) in [4.78, 5) is 10.4. The van der Waals surface area contributed by atoms with Crippen molar-refractivity contribution in [3.8, 4) is 0 Å². The number of nitrogens with two attached hydrogens (primary N) is 1. The summed E-state index contributed by atoms with van der Waals surface area (Å²) in [5, 5.41) is 19.0. The number of carbonyl (C=O) groups is 1. The van der Waals surface area contributed by atoms with Crippen molar-refractivity contribution in [1.29, 1.82) is 5.41 Å². The fourth-order valence-corrected chi connectivity index (χ4v) is 1.18. The minimum atomic E-state index is -0.956. The van der Waals surface area contributed by atoms with Gasteiger partial charge in [0.1, 0.15) is 6.04 Å². The molecule has 1 fully saturated rings. The third kappa shape index (κ3) is 3.74. The molecule has 0 radical (unpaired) electrons. The van der Waals surface area contributed by atoms with Gasteiger partial charge in [-0.15, -0.1) is 0 Å². The lowest BCUT2D eigenvalue weighted by Gasteiger charge is -2.08. The van der Waals surface area contributed by atoms with Gasteiger partial charge in [-0.1, -0.05) is 0 Å². The molecule has 5 heteroatoms. The normalized spacial score (nSPS) is 17.5. The van der Waals surface area contributed by atoms with Crippen LogP contribution in [0.5, 0.6) is 0 Å². The van der Waals surface area contributed by atoms with E-state index in [4.69, 9.17) is 16.2 Å². The lowest BCUT2D eigenvalue weighted by atomic mass is 10.2. The van der Waals surface area contributed by atoms with E-state index in [0.29, 0.717) is 31.1 Å². The van der Waals surface area contributed by atoms with Gasteiger partial charge in [0.2, 0.25) is 0 Å². The molecule has 0 aliphatic heterocycles. The predicted octanol–water partition coefficient (Wildman–Crippen LogP) is 0.155. The van der Waals surface area contributed by atoms with E-state index in [2.05, 4.69) is 5.32 Å². The SMILES string of the molecule is N=C(NCCC[C@@H](N)C(=O)O)C1CC1. The molecule has 0 amide bonds. The quantitative estimate of drug-likeness (QED) is 0.278. The van der Waals surface area contributed by atoms with Gasteiger partial charge in [-0.3, -0.25) is 10.2 Å². The van der Waals surface area contributed by atoms with E-state index in [1.54, 1.807) is 0 Å². The van der Waals surface area contributed by atoms with Crippen molar-refractivity contribution in [3.63, 3.8) is 0 Å². The van der Waals surface area contributed by atoms with Gasteiger partial charge in [0.15, 0.2) is 0 Å². The summed E-state index contributed by atoms with van der Waals surface area (Å²) in [6.45, 7) is 0.649. The second kappa shape index (κ2) is 4.95. The molecule has 14 heavy (non-hydrogen) atoms. The van der Waals surface area contributed by atoms with Crippen molar-refractivity contribution in [2.75, 3.05) is 6.54 Å². The van der Waals surface area contributed by atoms with E-state index in [9.17, 15) is 4.79 Å².